The van der Waals surface area contributed by atoms with E-state index in [-0.39, 0.29) is 11.6 Å². The Bertz CT molecular complexity index is 2230. The number of rotatable bonds is 14. The molecule has 0 atom stereocenters. The van der Waals surface area contributed by atoms with Crippen molar-refractivity contribution < 1.29 is 19.1 Å². The number of ketones is 2. The molecule has 0 spiro atoms. The SMILES string of the molecule is COc1cc(-c2nc3ccc(C(=O)CCCN4CCCN5CCCN=C54)cc3[nH]2)c(OC)cc1-c1nc2ccc(C(=O)CCCN3CCCN4CCCN=C43)cc2[nH]1. The first-order chi connectivity index (χ1) is 28.4. The lowest BCUT2D eigenvalue weighted by Gasteiger charge is -2.41. The van der Waals surface area contributed by atoms with Gasteiger partial charge in [-0.1, -0.05) is 0 Å². The molecule has 58 heavy (non-hydrogen) atoms. The van der Waals surface area contributed by atoms with Gasteiger partial charge in [0, 0.05) is 89.4 Å². The summed E-state index contributed by atoms with van der Waals surface area (Å²) in [6, 6.07) is 15.1. The Hall–Kier alpha value is -5.92. The molecule has 0 saturated carbocycles. The van der Waals surface area contributed by atoms with E-state index in [0.29, 0.717) is 58.2 Å². The second kappa shape index (κ2) is 16.5. The zero-order valence-electron chi connectivity index (χ0n) is 33.6. The molecule has 0 bridgehead atoms. The summed E-state index contributed by atoms with van der Waals surface area (Å²) in [6.07, 6.45) is 6.99. The van der Waals surface area contributed by atoms with E-state index in [1.165, 1.54) is 0 Å². The van der Waals surface area contributed by atoms with Crippen LogP contribution in [0.5, 0.6) is 11.5 Å². The van der Waals surface area contributed by atoms with E-state index in [0.717, 1.165) is 138 Å². The monoisotopic (exact) mass is 784 g/mol. The van der Waals surface area contributed by atoms with Crippen LogP contribution in [-0.2, 0) is 0 Å². The molecule has 9 rings (SSSR count). The number of fused-ring (bicyclic) bond motifs is 4. The van der Waals surface area contributed by atoms with Gasteiger partial charge in [0.15, 0.2) is 23.5 Å². The van der Waals surface area contributed by atoms with Gasteiger partial charge < -0.3 is 39.0 Å². The molecule has 14 heteroatoms. The van der Waals surface area contributed by atoms with Crippen LogP contribution in [0.4, 0.5) is 0 Å². The van der Waals surface area contributed by atoms with Crippen molar-refractivity contribution in [2.75, 3.05) is 79.7 Å². The summed E-state index contributed by atoms with van der Waals surface area (Å²) < 4.78 is 11.8. The van der Waals surface area contributed by atoms with Crippen LogP contribution >= 0.6 is 0 Å². The summed E-state index contributed by atoms with van der Waals surface area (Å²) >= 11 is 0. The number of hydrogen-bond acceptors (Lipinski definition) is 12. The Morgan fingerprint density at radius 2 is 1.05 bits per heavy atom. The highest BCUT2D eigenvalue weighted by molar-refractivity contribution is 6.00. The van der Waals surface area contributed by atoms with Gasteiger partial charge in [0.2, 0.25) is 0 Å². The Balaban J connectivity index is 0.876. The van der Waals surface area contributed by atoms with Gasteiger partial charge in [-0.3, -0.25) is 19.6 Å². The van der Waals surface area contributed by atoms with Gasteiger partial charge in [-0.15, -0.1) is 0 Å². The van der Waals surface area contributed by atoms with Crippen molar-refractivity contribution in [2.45, 2.75) is 51.4 Å². The summed E-state index contributed by atoms with van der Waals surface area (Å²) in [5.41, 5.74) is 5.80. The number of hydrogen-bond donors (Lipinski definition) is 2. The van der Waals surface area contributed by atoms with Crippen molar-refractivity contribution in [3.05, 3.63) is 59.7 Å². The lowest BCUT2D eigenvalue weighted by Crippen LogP contribution is -2.52. The highest BCUT2D eigenvalue weighted by Gasteiger charge is 2.27. The number of imidazole rings is 2. The van der Waals surface area contributed by atoms with Crippen LogP contribution in [0.25, 0.3) is 44.8 Å². The van der Waals surface area contributed by atoms with Crippen LogP contribution in [0.3, 0.4) is 0 Å². The largest absolute Gasteiger partial charge is 0.496 e. The van der Waals surface area contributed by atoms with E-state index in [4.69, 9.17) is 29.4 Å². The van der Waals surface area contributed by atoms with Crippen molar-refractivity contribution in [1.82, 2.24) is 39.5 Å². The van der Waals surface area contributed by atoms with Gasteiger partial charge in [0.25, 0.3) is 0 Å². The van der Waals surface area contributed by atoms with Crippen LogP contribution in [0.15, 0.2) is 58.5 Å². The average Bonchev–Trinajstić information content (AvgIpc) is 3.90. The molecule has 0 unspecified atom stereocenters. The fourth-order valence-corrected chi connectivity index (χ4v) is 8.87. The molecule has 3 aromatic carbocycles. The number of carbonyl (C=O) groups excluding carboxylic acids is 2. The molecule has 6 heterocycles. The molecule has 14 nitrogen and oxygen atoms in total. The minimum absolute atomic E-state index is 0.114. The molecular formula is C44H52N10O4. The molecular weight excluding hydrogens is 733 g/mol. The van der Waals surface area contributed by atoms with E-state index in [9.17, 15) is 9.59 Å². The smallest absolute Gasteiger partial charge is 0.196 e. The lowest BCUT2D eigenvalue weighted by molar-refractivity contribution is 0.0968. The standard InChI is InChI=1S/C44H52N10O4/c1-57-39-27-32(42-48-34-14-12-30(26-36(34)50-42)38(56)10-4-18-52-22-8-24-54-20-6-16-46-44(52)54)40(58-2)28-31(39)41-47-33-13-11-29(25-35(33)49-41)37(55)9-3-17-51-21-7-23-53-19-5-15-45-43(51)53/h11-14,25-28H,3-10,15-24H2,1-2H3,(H,47,49)(H,48,50). The second-order valence-electron chi connectivity index (χ2n) is 15.7. The number of methoxy groups -OCH3 is 2. The number of Topliss-reactive ketones (excluding diaryl/α,β-unsaturated/α-hetero) is 2. The predicted molar refractivity (Wildman–Crippen MR) is 226 cm³/mol. The molecule has 0 aliphatic carbocycles. The maximum Gasteiger partial charge on any atom is 0.196 e. The molecule has 2 saturated heterocycles. The molecule has 2 fully saturated rings. The van der Waals surface area contributed by atoms with Crippen LogP contribution in [0, 0.1) is 0 Å². The Morgan fingerprint density at radius 1 is 0.603 bits per heavy atom. The van der Waals surface area contributed by atoms with Crippen LogP contribution in [-0.4, -0.2) is 143 Å². The topological polar surface area (TPSA) is 148 Å². The summed E-state index contributed by atoms with van der Waals surface area (Å²) in [4.78, 5) is 62.2. The number of carbonyl (C=O) groups is 2. The Kier molecular flexibility index (Phi) is 10.7. The zero-order valence-corrected chi connectivity index (χ0v) is 33.6. The van der Waals surface area contributed by atoms with Crippen LogP contribution in [0.1, 0.15) is 72.1 Å². The van der Waals surface area contributed by atoms with Crippen molar-refractivity contribution in [3.8, 4) is 34.3 Å². The molecule has 0 radical (unpaired) electrons. The van der Waals surface area contributed by atoms with E-state index in [1.54, 1.807) is 14.2 Å². The zero-order chi connectivity index (χ0) is 39.6. The number of aromatic amines is 2. The highest BCUT2D eigenvalue weighted by atomic mass is 16.5. The van der Waals surface area contributed by atoms with Crippen molar-refractivity contribution in [3.63, 3.8) is 0 Å². The number of aliphatic imine (C=N–C) groups is 2. The summed E-state index contributed by atoms with van der Waals surface area (Å²) in [5.74, 6) is 4.80. The maximum atomic E-state index is 13.3. The molecule has 0 amide bonds. The van der Waals surface area contributed by atoms with Gasteiger partial charge >= 0.3 is 0 Å². The van der Waals surface area contributed by atoms with E-state index >= 15 is 0 Å². The predicted octanol–water partition coefficient (Wildman–Crippen LogP) is 6.25. The summed E-state index contributed by atoms with van der Waals surface area (Å²) in [5, 5.41) is 0. The van der Waals surface area contributed by atoms with Crippen molar-refractivity contribution >= 4 is 45.6 Å². The van der Waals surface area contributed by atoms with Crippen molar-refractivity contribution in [1.29, 1.82) is 0 Å². The number of nitrogens with one attached hydrogen (secondary N) is 2. The fourth-order valence-electron chi connectivity index (χ4n) is 8.87. The lowest BCUT2D eigenvalue weighted by atomic mass is 10.1. The number of aromatic nitrogens is 4. The quantitative estimate of drug-likeness (QED) is 0.124. The number of ether oxygens (including phenoxy) is 2. The third kappa shape index (κ3) is 7.59. The van der Waals surface area contributed by atoms with Crippen molar-refractivity contribution in [2.24, 2.45) is 9.98 Å². The van der Waals surface area contributed by atoms with Gasteiger partial charge in [-0.05, 0) is 87.1 Å². The first kappa shape index (κ1) is 37.6. The third-order valence-electron chi connectivity index (χ3n) is 11.8. The van der Waals surface area contributed by atoms with Gasteiger partial charge in [0.05, 0.1) is 47.4 Å². The number of H-pyrrole nitrogens is 2. The number of benzene rings is 3. The normalized spacial score (nSPS) is 16.9. The van der Waals surface area contributed by atoms with Crippen LogP contribution < -0.4 is 9.47 Å². The van der Waals surface area contributed by atoms with Gasteiger partial charge in [-0.2, -0.15) is 0 Å². The van der Waals surface area contributed by atoms with Crippen LogP contribution in [0.2, 0.25) is 0 Å². The second-order valence-corrected chi connectivity index (χ2v) is 15.7. The molecule has 4 aliphatic rings. The van der Waals surface area contributed by atoms with E-state index in [1.807, 2.05) is 48.5 Å². The fraction of sp³-hybridized carbons (Fsp3) is 0.455. The first-order valence-electron chi connectivity index (χ1n) is 20.9. The first-order valence-corrected chi connectivity index (χ1v) is 20.9. The molecule has 4 aliphatic heterocycles. The Labute approximate surface area is 338 Å². The number of guanidine groups is 2. The molecule has 2 aromatic heterocycles. The maximum absolute atomic E-state index is 13.3. The minimum Gasteiger partial charge on any atom is -0.496 e. The summed E-state index contributed by atoms with van der Waals surface area (Å²) in [7, 11) is 3.24. The molecule has 2 N–H and O–H groups in total. The van der Waals surface area contributed by atoms with E-state index in [2.05, 4.69) is 29.6 Å². The third-order valence-corrected chi connectivity index (χ3v) is 11.8. The summed E-state index contributed by atoms with van der Waals surface area (Å²) in [6.45, 7) is 9.74. The average molecular weight is 785 g/mol. The Morgan fingerprint density at radius 3 is 1.50 bits per heavy atom. The van der Waals surface area contributed by atoms with E-state index < -0.39 is 0 Å². The number of nitrogens with zero attached hydrogens (tertiary/aromatic N) is 8. The highest BCUT2D eigenvalue weighted by Crippen LogP contribution is 2.40. The van der Waals surface area contributed by atoms with Gasteiger partial charge in [0.1, 0.15) is 23.1 Å². The minimum atomic E-state index is 0.114. The molecule has 302 valence electrons. The van der Waals surface area contributed by atoms with Gasteiger partial charge in [-0.25, -0.2) is 9.97 Å². The molecule has 5 aromatic rings.